The average molecular weight is 530 g/mol. The summed E-state index contributed by atoms with van der Waals surface area (Å²) in [6.45, 7) is 4.07. The minimum atomic E-state index is -4.47. The first-order valence-corrected chi connectivity index (χ1v) is 14.1. The lowest BCUT2D eigenvalue weighted by Gasteiger charge is -2.39. The van der Waals surface area contributed by atoms with E-state index in [4.69, 9.17) is 4.74 Å². The van der Waals surface area contributed by atoms with E-state index in [1.807, 2.05) is 17.0 Å². The number of fused-ring (bicyclic) bond motifs is 1. The summed E-state index contributed by atoms with van der Waals surface area (Å²) in [6.07, 6.45) is 3.29. The van der Waals surface area contributed by atoms with Gasteiger partial charge in [0.25, 0.3) is 0 Å². The summed E-state index contributed by atoms with van der Waals surface area (Å²) in [4.78, 5) is 6.44. The zero-order valence-electron chi connectivity index (χ0n) is 19.4. The van der Waals surface area contributed by atoms with Crippen molar-refractivity contribution in [2.45, 2.75) is 44.4 Å². The van der Waals surface area contributed by atoms with E-state index >= 15 is 0 Å². The maximum atomic E-state index is 12.9. The summed E-state index contributed by atoms with van der Waals surface area (Å²) >= 11 is 0.583. The van der Waals surface area contributed by atoms with Gasteiger partial charge in [0.15, 0.2) is 0 Å². The minimum absolute atomic E-state index is 0.238. The molecule has 190 valence electrons. The highest BCUT2D eigenvalue weighted by atomic mass is 32.2. The molecule has 8 nitrogen and oxygen atoms in total. The lowest BCUT2D eigenvalue weighted by Crippen LogP contribution is -2.46. The molecule has 3 aliphatic heterocycles. The summed E-state index contributed by atoms with van der Waals surface area (Å²) in [5.74, 6) is 0.994. The minimum Gasteiger partial charge on any atom is -0.485 e. The highest BCUT2D eigenvalue weighted by Crippen LogP contribution is 2.44. The van der Waals surface area contributed by atoms with Crippen LogP contribution in [0, 0.1) is 5.92 Å². The van der Waals surface area contributed by atoms with E-state index in [-0.39, 0.29) is 5.92 Å². The molecule has 5 heterocycles. The molecule has 3 aliphatic rings. The van der Waals surface area contributed by atoms with Crippen LogP contribution in [-0.4, -0.2) is 65.9 Å². The Balaban J connectivity index is 1.23. The van der Waals surface area contributed by atoms with Crippen molar-refractivity contribution in [3.05, 3.63) is 34.6 Å². The van der Waals surface area contributed by atoms with Gasteiger partial charge in [0.2, 0.25) is 20.2 Å². The molecule has 5 rings (SSSR count). The molecule has 1 fully saturated rings. The largest absolute Gasteiger partial charge is 0.485 e. The molecule has 0 amide bonds. The van der Waals surface area contributed by atoms with Crippen LogP contribution in [0.25, 0.3) is 5.57 Å². The number of nitrogens with zero attached hydrogens (tertiary/aromatic N) is 5. The third-order valence-corrected chi connectivity index (χ3v) is 9.39. The summed E-state index contributed by atoms with van der Waals surface area (Å²) in [6, 6.07) is 2.04. The standard InChI is InChI=1S/C22H26F3N5O3S2/c1-21(16-5-7-29(8-6-16)20-28-27-19(34-20)22(23,24)25)12-15-11-17(26-13-18(15)33-21)14-3-9-30(10-4-14)35(2,31)32/h3,11,13,16H,4-10,12H2,1-2H3. The maximum Gasteiger partial charge on any atom is 0.445 e. The molecule has 0 bridgehead atoms. The van der Waals surface area contributed by atoms with Crippen molar-refractivity contribution in [3.8, 4) is 5.75 Å². The predicted molar refractivity (Wildman–Crippen MR) is 126 cm³/mol. The van der Waals surface area contributed by atoms with Crippen LogP contribution in [0.1, 0.15) is 42.5 Å². The first-order valence-electron chi connectivity index (χ1n) is 11.4. The van der Waals surface area contributed by atoms with Gasteiger partial charge in [-0.15, -0.1) is 10.2 Å². The monoisotopic (exact) mass is 529 g/mol. The fraction of sp³-hybridized carbons (Fsp3) is 0.591. The summed E-state index contributed by atoms with van der Waals surface area (Å²) in [5.41, 5.74) is 2.53. The highest BCUT2D eigenvalue weighted by molar-refractivity contribution is 7.88. The number of aromatic nitrogens is 3. The Hall–Kier alpha value is -2.25. The van der Waals surface area contributed by atoms with Gasteiger partial charge in [-0.3, -0.25) is 4.98 Å². The van der Waals surface area contributed by atoms with Crippen LogP contribution in [-0.2, 0) is 22.6 Å². The van der Waals surface area contributed by atoms with Crippen LogP contribution in [0.2, 0.25) is 0 Å². The number of piperidine rings is 1. The first kappa shape index (κ1) is 24.4. The van der Waals surface area contributed by atoms with E-state index in [1.54, 1.807) is 6.20 Å². The van der Waals surface area contributed by atoms with Crippen molar-refractivity contribution in [1.29, 1.82) is 0 Å². The van der Waals surface area contributed by atoms with Crippen LogP contribution in [0.4, 0.5) is 18.3 Å². The molecule has 2 aromatic heterocycles. The Morgan fingerprint density at radius 3 is 2.54 bits per heavy atom. The molecule has 0 spiro atoms. The molecule has 0 aromatic carbocycles. The Morgan fingerprint density at radius 2 is 1.94 bits per heavy atom. The Labute approximate surface area is 205 Å². The van der Waals surface area contributed by atoms with Crippen LogP contribution < -0.4 is 9.64 Å². The first-order chi connectivity index (χ1) is 16.4. The molecule has 1 saturated heterocycles. The second-order valence-electron chi connectivity index (χ2n) is 9.52. The average Bonchev–Trinajstić information content (AvgIpc) is 3.43. The fourth-order valence-electron chi connectivity index (χ4n) is 5.11. The number of hydrogen-bond donors (Lipinski definition) is 0. The van der Waals surface area contributed by atoms with Crippen molar-refractivity contribution in [2.24, 2.45) is 5.92 Å². The van der Waals surface area contributed by atoms with E-state index in [9.17, 15) is 21.6 Å². The van der Waals surface area contributed by atoms with Gasteiger partial charge in [-0.25, -0.2) is 8.42 Å². The van der Waals surface area contributed by atoms with Gasteiger partial charge in [0.1, 0.15) is 11.4 Å². The molecule has 35 heavy (non-hydrogen) atoms. The Kier molecular flexibility index (Phi) is 6.07. The van der Waals surface area contributed by atoms with Gasteiger partial charge in [-0.05, 0) is 37.8 Å². The number of rotatable bonds is 4. The zero-order chi connectivity index (χ0) is 25.0. The van der Waals surface area contributed by atoms with Gasteiger partial charge < -0.3 is 9.64 Å². The van der Waals surface area contributed by atoms with Gasteiger partial charge >= 0.3 is 6.18 Å². The van der Waals surface area contributed by atoms with E-state index in [2.05, 4.69) is 22.1 Å². The number of pyridine rings is 1. The fourth-order valence-corrected chi connectivity index (χ4v) is 6.64. The molecule has 0 aliphatic carbocycles. The lowest BCUT2D eigenvalue weighted by atomic mass is 9.79. The predicted octanol–water partition coefficient (Wildman–Crippen LogP) is 3.61. The normalized spacial score (nSPS) is 24.3. The van der Waals surface area contributed by atoms with E-state index in [0.717, 1.165) is 41.8 Å². The van der Waals surface area contributed by atoms with Crippen molar-refractivity contribution < 1.29 is 26.3 Å². The van der Waals surface area contributed by atoms with Crippen molar-refractivity contribution in [3.63, 3.8) is 0 Å². The smallest absolute Gasteiger partial charge is 0.445 e. The molecule has 0 radical (unpaired) electrons. The molecule has 2 aromatic rings. The molecule has 1 unspecified atom stereocenters. The number of hydrogen-bond acceptors (Lipinski definition) is 8. The molecular weight excluding hydrogens is 503 g/mol. The van der Waals surface area contributed by atoms with Crippen LogP contribution >= 0.6 is 11.3 Å². The van der Waals surface area contributed by atoms with Crippen LogP contribution in [0.15, 0.2) is 18.3 Å². The van der Waals surface area contributed by atoms with Gasteiger partial charge in [-0.1, -0.05) is 17.4 Å². The number of sulfonamides is 1. The SMILES string of the molecule is CC1(C2CCN(c3nnc(C(F)(F)F)s3)CC2)Cc2cc(C3=CCN(S(C)(=O)=O)CC3)ncc2O1. The second kappa shape index (κ2) is 8.70. The number of ether oxygens (including phenoxy) is 1. The third kappa shape index (κ3) is 4.90. The Morgan fingerprint density at radius 1 is 1.20 bits per heavy atom. The van der Waals surface area contributed by atoms with Crippen LogP contribution in [0.5, 0.6) is 5.75 Å². The van der Waals surface area contributed by atoms with Crippen LogP contribution in [0.3, 0.4) is 0 Å². The van der Waals surface area contributed by atoms with Crippen molar-refractivity contribution >= 4 is 32.1 Å². The third-order valence-electron chi connectivity index (χ3n) is 7.09. The quantitative estimate of drug-likeness (QED) is 0.598. The maximum absolute atomic E-state index is 12.9. The molecule has 0 saturated carbocycles. The van der Waals surface area contributed by atoms with E-state index < -0.39 is 26.8 Å². The summed E-state index contributed by atoms with van der Waals surface area (Å²) in [5, 5.41) is 6.43. The molecule has 1 atom stereocenters. The topological polar surface area (TPSA) is 88.5 Å². The van der Waals surface area contributed by atoms with E-state index in [0.29, 0.717) is 49.1 Å². The van der Waals surface area contributed by atoms with Gasteiger partial charge in [0.05, 0.1) is 18.1 Å². The molecular formula is C22H26F3N5O3S2. The summed E-state index contributed by atoms with van der Waals surface area (Å²) in [7, 11) is -3.21. The molecule has 0 N–H and O–H groups in total. The lowest BCUT2D eigenvalue weighted by molar-refractivity contribution is -0.138. The second-order valence-corrected chi connectivity index (χ2v) is 12.5. The molecule has 13 heteroatoms. The van der Waals surface area contributed by atoms with Crippen molar-refractivity contribution in [2.75, 3.05) is 37.3 Å². The number of alkyl halides is 3. The van der Waals surface area contributed by atoms with E-state index in [1.165, 1.54) is 10.6 Å². The number of anilines is 1. The Bertz CT molecular complexity index is 1260. The van der Waals surface area contributed by atoms with Crippen molar-refractivity contribution in [1.82, 2.24) is 19.5 Å². The summed E-state index contributed by atoms with van der Waals surface area (Å²) < 4.78 is 69.9. The highest BCUT2D eigenvalue weighted by Gasteiger charge is 2.44. The zero-order valence-corrected chi connectivity index (χ0v) is 21.0. The van der Waals surface area contributed by atoms with Gasteiger partial charge in [0, 0.05) is 44.1 Å². The number of halogens is 3. The van der Waals surface area contributed by atoms with Gasteiger partial charge in [-0.2, -0.15) is 17.5 Å².